The Morgan fingerprint density at radius 1 is 1.18 bits per heavy atom. The standard InChI is InChI=1S/C7H8S.CH4N.Os/c1-6-4-2-3-5-7(6)8;1-2;/h2-5,8H,1H3;2H,1H3;/q;-1;+2/p-1. The van der Waals surface area contributed by atoms with Crippen LogP contribution >= 0.6 is 0 Å². The van der Waals surface area contributed by atoms with Crippen LogP contribution in [0.1, 0.15) is 5.56 Å². The van der Waals surface area contributed by atoms with Gasteiger partial charge in [-0.25, -0.2) is 0 Å². The molecular formula is C8H11NOsS. The van der Waals surface area contributed by atoms with Crippen molar-refractivity contribution in [1.29, 1.82) is 0 Å². The first-order valence-corrected chi connectivity index (χ1v) is 3.44. The summed E-state index contributed by atoms with van der Waals surface area (Å²) in [7, 11) is 1.25. The van der Waals surface area contributed by atoms with Gasteiger partial charge < -0.3 is 18.4 Å². The molecule has 1 nitrogen and oxygen atoms in total. The van der Waals surface area contributed by atoms with Crippen molar-refractivity contribution >= 4 is 12.6 Å². The second kappa shape index (κ2) is 8.14. The molecule has 1 aromatic carbocycles. The molecule has 0 atom stereocenters. The van der Waals surface area contributed by atoms with E-state index in [1.54, 1.807) is 0 Å². The van der Waals surface area contributed by atoms with Crippen LogP contribution in [0, 0.1) is 6.92 Å². The van der Waals surface area contributed by atoms with Crippen molar-refractivity contribution in [1.82, 2.24) is 0 Å². The molecule has 0 saturated heterocycles. The van der Waals surface area contributed by atoms with Crippen molar-refractivity contribution in [3.63, 3.8) is 0 Å². The van der Waals surface area contributed by atoms with Crippen molar-refractivity contribution in [2.24, 2.45) is 0 Å². The zero-order valence-electron chi connectivity index (χ0n) is 6.57. The largest absolute Gasteiger partial charge is 2.00 e. The Labute approximate surface area is 86.8 Å². The maximum Gasteiger partial charge on any atom is 2.00 e. The Kier molecular flexibility index (Phi) is 10.1. The molecule has 3 heteroatoms. The van der Waals surface area contributed by atoms with Gasteiger partial charge in [0, 0.05) is 0 Å². The Morgan fingerprint density at radius 2 is 1.64 bits per heavy atom. The second-order valence-corrected chi connectivity index (χ2v) is 2.21. The van der Waals surface area contributed by atoms with E-state index in [-0.39, 0.29) is 19.8 Å². The van der Waals surface area contributed by atoms with E-state index >= 15 is 0 Å². The topological polar surface area (TPSA) is 23.8 Å². The van der Waals surface area contributed by atoms with E-state index in [0.717, 1.165) is 4.90 Å². The van der Waals surface area contributed by atoms with Crippen molar-refractivity contribution in [3.8, 4) is 0 Å². The summed E-state index contributed by atoms with van der Waals surface area (Å²) in [5.41, 5.74) is 6.93. The smallest absolute Gasteiger partial charge is 0.779 e. The summed E-state index contributed by atoms with van der Waals surface area (Å²) in [6, 6.07) is 7.90. The molecule has 0 spiro atoms. The molecule has 0 heterocycles. The molecular weight excluding hydrogens is 332 g/mol. The predicted octanol–water partition coefficient (Wildman–Crippen LogP) is 2.57. The molecule has 62 valence electrons. The van der Waals surface area contributed by atoms with Gasteiger partial charge in [0.2, 0.25) is 0 Å². The molecule has 0 radical (unpaired) electrons. The molecule has 0 aliphatic rings. The molecule has 0 fully saturated rings. The van der Waals surface area contributed by atoms with Crippen LogP contribution < -0.4 is 0 Å². The maximum absolute atomic E-state index is 5.75. The van der Waals surface area contributed by atoms with E-state index in [2.05, 4.69) is 0 Å². The quantitative estimate of drug-likeness (QED) is 0.664. The van der Waals surface area contributed by atoms with Gasteiger partial charge in [-0.3, -0.25) is 0 Å². The summed E-state index contributed by atoms with van der Waals surface area (Å²) in [4.78, 5) is 0.951. The van der Waals surface area contributed by atoms with Crippen LogP contribution in [0.4, 0.5) is 0 Å². The third-order valence-electron chi connectivity index (χ3n) is 1.09. The summed E-state index contributed by atoms with van der Waals surface area (Å²) < 4.78 is 0. The Hall–Kier alpha value is 0.0364. The molecule has 0 aliphatic carbocycles. The predicted molar refractivity (Wildman–Crippen MR) is 47.1 cm³/mol. The van der Waals surface area contributed by atoms with Crippen LogP contribution in [0.25, 0.3) is 5.73 Å². The minimum atomic E-state index is 0. The third kappa shape index (κ3) is 5.32. The van der Waals surface area contributed by atoms with Crippen LogP contribution in [0.15, 0.2) is 29.2 Å². The fraction of sp³-hybridized carbons (Fsp3) is 0.250. The van der Waals surface area contributed by atoms with Gasteiger partial charge in [0.1, 0.15) is 0 Å². The van der Waals surface area contributed by atoms with Gasteiger partial charge in [-0.1, -0.05) is 29.8 Å². The average Bonchev–Trinajstić information content (AvgIpc) is 2.00. The second-order valence-electron chi connectivity index (χ2n) is 1.77. The van der Waals surface area contributed by atoms with Gasteiger partial charge in [0.05, 0.1) is 0 Å². The van der Waals surface area contributed by atoms with E-state index in [1.807, 2.05) is 31.2 Å². The molecule has 0 saturated carbocycles. The van der Waals surface area contributed by atoms with Crippen LogP contribution in [0.5, 0.6) is 0 Å². The molecule has 1 aromatic rings. The average molecular weight is 343 g/mol. The number of nitrogens with one attached hydrogen (secondary N) is 1. The van der Waals surface area contributed by atoms with E-state index in [0.29, 0.717) is 0 Å². The summed E-state index contributed by atoms with van der Waals surface area (Å²) in [5.74, 6) is 0. The van der Waals surface area contributed by atoms with Crippen molar-refractivity contribution in [2.45, 2.75) is 11.8 Å². The minimum absolute atomic E-state index is 0. The Morgan fingerprint density at radius 3 is 1.91 bits per heavy atom. The zero-order valence-corrected chi connectivity index (χ0v) is 9.93. The molecule has 1 rings (SSSR count). The van der Waals surface area contributed by atoms with Crippen LogP contribution in [0.3, 0.4) is 0 Å². The Bertz CT molecular complexity index is 170. The third-order valence-corrected chi connectivity index (χ3v) is 1.55. The number of rotatable bonds is 0. The van der Waals surface area contributed by atoms with Crippen LogP contribution in [0.2, 0.25) is 0 Å². The monoisotopic (exact) mass is 345 g/mol. The normalized spacial score (nSPS) is 7.18. The summed E-state index contributed by atoms with van der Waals surface area (Å²) in [6.45, 7) is 2.02. The van der Waals surface area contributed by atoms with Crippen molar-refractivity contribution < 1.29 is 19.8 Å². The fourth-order valence-electron chi connectivity index (χ4n) is 0.556. The van der Waals surface area contributed by atoms with Crippen molar-refractivity contribution in [2.75, 3.05) is 7.05 Å². The van der Waals surface area contributed by atoms with Gasteiger partial charge >= 0.3 is 19.8 Å². The van der Waals surface area contributed by atoms with Gasteiger partial charge in [-0.15, -0.1) is 0 Å². The molecule has 0 aliphatic heterocycles. The van der Waals surface area contributed by atoms with Gasteiger partial charge in [0.25, 0.3) is 0 Å². The first kappa shape index (κ1) is 13.6. The number of aryl methyl sites for hydroxylation is 1. The van der Waals surface area contributed by atoms with Gasteiger partial charge in [0.15, 0.2) is 0 Å². The van der Waals surface area contributed by atoms with E-state index < -0.39 is 0 Å². The zero-order chi connectivity index (χ0) is 7.98. The molecule has 11 heavy (non-hydrogen) atoms. The summed E-state index contributed by atoms with van der Waals surface area (Å²) in [5, 5.41) is 0. The Balaban J connectivity index is 0. The molecule has 0 amide bonds. The number of hydrogen-bond donors (Lipinski definition) is 0. The molecule has 0 aromatic heterocycles. The van der Waals surface area contributed by atoms with E-state index in [1.165, 1.54) is 12.6 Å². The van der Waals surface area contributed by atoms with Gasteiger partial charge in [-0.2, -0.15) is 11.9 Å². The van der Waals surface area contributed by atoms with Crippen molar-refractivity contribution in [3.05, 3.63) is 35.6 Å². The molecule has 0 bridgehead atoms. The SMILES string of the molecule is C[NH-].Cc1ccccc1[S-].[Os+2]. The number of benzene rings is 1. The first-order chi connectivity index (χ1) is 4.80. The summed E-state index contributed by atoms with van der Waals surface area (Å²) >= 11 is 4.95. The fourth-order valence-corrected chi connectivity index (χ4v) is 0.703. The van der Waals surface area contributed by atoms with E-state index in [4.69, 9.17) is 18.4 Å². The summed E-state index contributed by atoms with van der Waals surface area (Å²) in [6.07, 6.45) is 0. The molecule has 0 unspecified atom stereocenters. The minimum Gasteiger partial charge on any atom is -0.779 e. The first-order valence-electron chi connectivity index (χ1n) is 3.03. The maximum atomic E-state index is 5.75. The van der Waals surface area contributed by atoms with E-state index in [9.17, 15) is 0 Å². The number of hydrogen-bond acceptors (Lipinski definition) is 1. The molecule has 1 N–H and O–H groups in total. The van der Waals surface area contributed by atoms with Crippen LogP contribution in [-0.2, 0) is 32.4 Å². The van der Waals surface area contributed by atoms with Gasteiger partial charge in [-0.05, 0) is 6.92 Å². The van der Waals surface area contributed by atoms with Crippen LogP contribution in [-0.4, -0.2) is 7.05 Å².